The van der Waals surface area contributed by atoms with Crippen LogP contribution in [0, 0.1) is 6.92 Å². The Morgan fingerprint density at radius 1 is 1.41 bits per heavy atom. The van der Waals surface area contributed by atoms with E-state index in [0.29, 0.717) is 13.2 Å². The van der Waals surface area contributed by atoms with Crippen LogP contribution in [-0.2, 0) is 16.1 Å². The van der Waals surface area contributed by atoms with Gasteiger partial charge in [0.05, 0.1) is 13.2 Å². The van der Waals surface area contributed by atoms with Crippen LogP contribution in [0.5, 0.6) is 0 Å². The van der Waals surface area contributed by atoms with E-state index in [2.05, 4.69) is 19.1 Å². The van der Waals surface area contributed by atoms with E-state index in [9.17, 15) is 4.79 Å². The van der Waals surface area contributed by atoms with Crippen LogP contribution < -0.4 is 5.73 Å². The minimum Gasteiger partial charge on any atom is -0.383 e. The molecule has 0 radical (unpaired) electrons. The molecule has 17 heavy (non-hydrogen) atoms. The second-order valence-corrected chi connectivity index (χ2v) is 4.10. The monoisotopic (exact) mass is 236 g/mol. The Labute approximate surface area is 102 Å². The van der Waals surface area contributed by atoms with Gasteiger partial charge in [-0.3, -0.25) is 9.69 Å². The first-order valence-corrected chi connectivity index (χ1v) is 5.67. The molecule has 0 aromatic heterocycles. The highest BCUT2D eigenvalue weighted by atomic mass is 16.5. The van der Waals surface area contributed by atoms with E-state index in [1.807, 2.05) is 17.0 Å². The van der Waals surface area contributed by atoms with Crippen LogP contribution in [-0.4, -0.2) is 37.6 Å². The Bertz CT molecular complexity index is 366. The van der Waals surface area contributed by atoms with E-state index >= 15 is 0 Å². The van der Waals surface area contributed by atoms with Crippen LogP contribution >= 0.6 is 0 Å². The molecule has 0 aliphatic heterocycles. The number of carbonyl (C=O) groups excluding carboxylic acids is 1. The summed E-state index contributed by atoms with van der Waals surface area (Å²) < 4.78 is 5.03. The molecular weight excluding hydrogens is 216 g/mol. The van der Waals surface area contributed by atoms with Gasteiger partial charge >= 0.3 is 0 Å². The van der Waals surface area contributed by atoms with Gasteiger partial charge in [0.1, 0.15) is 0 Å². The zero-order valence-electron chi connectivity index (χ0n) is 10.5. The predicted molar refractivity (Wildman–Crippen MR) is 67.5 cm³/mol. The maximum atomic E-state index is 11.0. The van der Waals surface area contributed by atoms with Crippen LogP contribution in [0.4, 0.5) is 0 Å². The molecule has 0 bridgehead atoms. The number of primary amides is 1. The molecule has 2 N–H and O–H groups in total. The molecule has 0 spiro atoms. The Kier molecular flexibility index (Phi) is 5.66. The number of ether oxygens (including phenoxy) is 1. The number of rotatable bonds is 7. The highest BCUT2D eigenvalue weighted by Gasteiger charge is 2.09. The summed E-state index contributed by atoms with van der Waals surface area (Å²) in [4.78, 5) is 13.0. The molecule has 1 amide bonds. The lowest BCUT2D eigenvalue weighted by Crippen LogP contribution is -2.35. The largest absolute Gasteiger partial charge is 0.383 e. The molecule has 1 aromatic carbocycles. The van der Waals surface area contributed by atoms with Crippen molar-refractivity contribution in [1.82, 2.24) is 4.90 Å². The number of hydrogen-bond donors (Lipinski definition) is 1. The standard InChI is InChI=1S/C13H20N2O2/c1-11-5-3-4-6-12(11)9-15(7-8-17-2)10-13(14)16/h3-6H,7-10H2,1-2H3,(H2,14,16). The molecule has 0 aliphatic rings. The average molecular weight is 236 g/mol. The number of carbonyl (C=O) groups is 1. The van der Waals surface area contributed by atoms with Crippen LogP contribution in [0.2, 0.25) is 0 Å². The van der Waals surface area contributed by atoms with Crippen molar-refractivity contribution in [1.29, 1.82) is 0 Å². The molecule has 0 heterocycles. The molecule has 4 heteroatoms. The van der Waals surface area contributed by atoms with Crippen molar-refractivity contribution in [3.63, 3.8) is 0 Å². The second kappa shape index (κ2) is 7.04. The lowest BCUT2D eigenvalue weighted by Gasteiger charge is -2.21. The van der Waals surface area contributed by atoms with E-state index in [4.69, 9.17) is 10.5 Å². The van der Waals surface area contributed by atoms with Gasteiger partial charge < -0.3 is 10.5 Å². The second-order valence-electron chi connectivity index (χ2n) is 4.10. The van der Waals surface area contributed by atoms with Gasteiger partial charge in [-0.2, -0.15) is 0 Å². The summed E-state index contributed by atoms with van der Waals surface area (Å²) in [6, 6.07) is 8.14. The summed E-state index contributed by atoms with van der Waals surface area (Å²) in [5.74, 6) is -0.310. The first kappa shape index (κ1) is 13.7. The van der Waals surface area contributed by atoms with Crippen LogP contribution in [0.1, 0.15) is 11.1 Å². The van der Waals surface area contributed by atoms with Gasteiger partial charge in [0, 0.05) is 20.2 Å². The fraction of sp³-hybridized carbons (Fsp3) is 0.462. The quantitative estimate of drug-likeness (QED) is 0.766. The predicted octanol–water partition coefficient (Wildman–Crippen LogP) is 0.929. The van der Waals surface area contributed by atoms with Crippen molar-refractivity contribution in [2.75, 3.05) is 26.8 Å². The lowest BCUT2D eigenvalue weighted by molar-refractivity contribution is -0.119. The fourth-order valence-corrected chi connectivity index (χ4v) is 1.68. The number of methoxy groups -OCH3 is 1. The molecule has 1 rings (SSSR count). The molecule has 0 fully saturated rings. The molecule has 0 aliphatic carbocycles. The first-order chi connectivity index (χ1) is 8.13. The minimum absolute atomic E-state index is 0.262. The molecule has 0 saturated carbocycles. The SMILES string of the molecule is COCCN(CC(N)=O)Cc1ccccc1C. The van der Waals surface area contributed by atoms with Crippen molar-refractivity contribution < 1.29 is 9.53 Å². The summed E-state index contributed by atoms with van der Waals surface area (Å²) in [6.45, 7) is 4.34. The Balaban J connectivity index is 2.64. The Morgan fingerprint density at radius 2 is 2.12 bits per heavy atom. The smallest absolute Gasteiger partial charge is 0.231 e. The van der Waals surface area contributed by atoms with Gasteiger partial charge in [-0.1, -0.05) is 24.3 Å². The summed E-state index contributed by atoms with van der Waals surface area (Å²) in [7, 11) is 1.65. The van der Waals surface area contributed by atoms with Crippen molar-refractivity contribution in [3.8, 4) is 0 Å². The number of benzene rings is 1. The molecule has 1 aromatic rings. The fourth-order valence-electron chi connectivity index (χ4n) is 1.68. The molecule has 0 saturated heterocycles. The van der Waals surface area contributed by atoms with Crippen LogP contribution in [0.25, 0.3) is 0 Å². The van der Waals surface area contributed by atoms with E-state index in [1.165, 1.54) is 11.1 Å². The lowest BCUT2D eigenvalue weighted by atomic mass is 10.1. The van der Waals surface area contributed by atoms with Crippen molar-refractivity contribution in [3.05, 3.63) is 35.4 Å². The molecule has 0 unspecified atom stereocenters. The third-order valence-corrected chi connectivity index (χ3v) is 2.65. The molecule has 0 atom stereocenters. The zero-order chi connectivity index (χ0) is 12.7. The van der Waals surface area contributed by atoms with Crippen LogP contribution in [0.3, 0.4) is 0 Å². The summed E-state index contributed by atoms with van der Waals surface area (Å²) in [6.07, 6.45) is 0. The number of nitrogens with zero attached hydrogens (tertiary/aromatic N) is 1. The van der Waals surface area contributed by atoms with Crippen molar-refractivity contribution in [2.45, 2.75) is 13.5 Å². The molecular formula is C13H20N2O2. The zero-order valence-corrected chi connectivity index (χ0v) is 10.5. The topological polar surface area (TPSA) is 55.6 Å². The summed E-state index contributed by atoms with van der Waals surface area (Å²) in [5, 5.41) is 0. The van der Waals surface area contributed by atoms with Gasteiger partial charge in [0.25, 0.3) is 0 Å². The van der Waals surface area contributed by atoms with Crippen molar-refractivity contribution >= 4 is 5.91 Å². The maximum Gasteiger partial charge on any atom is 0.231 e. The third kappa shape index (κ3) is 4.97. The third-order valence-electron chi connectivity index (χ3n) is 2.65. The van der Waals surface area contributed by atoms with E-state index < -0.39 is 0 Å². The number of nitrogens with two attached hydrogens (primary N) is 1. The summed E-state index contributed by atoms with van der Waals surface area (Å²) in [5.41, 5.74) is 7.67. The Morgan fingerprint density at radius 3 is 2.71 bits per heavy atom. The van der Waals surface area contributed by atoms with Crippen molar-refractivity contribution in [2.24, 2.45) is 5.73 Å². The highest BCUT2D eigenvalue weighted by Crippen LogP contribution is 2.10. The number of amides is 1. The molecule has 94 valence electrons. The van der Waals surface area contributed by atoms with Crippen LogP contribution in [0.15, 0.2) is 24.3 Å². The van der Waals surface area contributed by atoms with E-state index in [-0.39, 0.29) is 12.5 Å². The van der Waals surface area contributed by atoms with Gasteiger partial charge in [0.15, 0.2) is 0 Å². The van der Waals surface area contributed by atoms with Gasteiger partial charge in [-0.25, -0.2) is 0 Å². The highest BCUT2D eigenvalue weighted by molar-refractivity contribution is 5.75. The maximum absolute atomic E-state index is 11.0. The van der Waals surface area contributed by atoms with E-state index in [0.717, 1.165) is 6.54 Å². The Hall–Kier alpha value is -1.39. The number of hydrogen-bond acceptors (Lipinski definition) is 3. The first-order valence-electron chi connectivity index (χ1n) is 5.67. The molecule has 4 nitrogen and oxygen atoms in total. The summed E-state index contributed by atoms with van der Waals surface area (Å²) >= 11 is 0. The van der Waals surface area contributed by atoms with E-state index in [1.54, 1.807) is 7.11 Å². The average Bonchev–Trinajstić information content (AvgIpc) is 2.28. The van der Waals surface area contributed by atoms with Gasteiger partial charge in [-0.05, 0) is 18.1 Å². The minimum atomic E-state index is -0.310. The normalized spacial score (nSPS) is 10.8. The number of aryl methyl sites for hydroxylation is 1. The van der Waals surface area contributed by atoms with Gasteiger partial charge in [0.2, 0.25) is 5.91 Å². The van der Waals surface area contributed by atoms with Gasteiger partial charge in [-0.15, -0.1) is 0 Å².